The molecule has 0 aromatic carbocycles. The van der Waals surface area contributed by atoms with Crippen molar-refractivity contribution in [1.82, 2.24) is 9.97 Å². The fraction of sp³-hybridized carbons (Fsp3) is 0.591. The van der Waals surface area contributed by atoms with Crippen LogP contribution in [0, 0.1) is 11.8 Å². The zero-order valence-electron chi connectivity index (χ0n) is 18.7. The van der Waals surface area contributed by atoms with Crippen LogP contribution in [0.3, 0.4) is 0 Å². The number of hydrogen-bond acceptors (Lipinski definition) is 9. The lowest BCUT2D eigenvalue weighted by atomic mass is 9.83. The van der Waals surface area contributed by atoms with Crippen molar-refractivity contribution in [3.63, 3.8) is 0 Å². The minimum absolute atomic E-state index is 0.00568. The van der Waals surface area contributed by atoms with Gasteiger partial charge in [0.1, 0.15) is 12.1 Å². The summed E-state index contributed by atoms with van der Waals surface area (Å²) in [5.74, 6) is 0.354. The van der Waals surface area contributed by atoms with E-state index < -0.39 is 16.4 Å². The van der Waals surface area contributed by atoms with Gasteiger partial charge in [-0.15, -0.1) is 11.3 Å². The minimum atomic E-state index is -3.96. The van der Waals surface area contributed by atoms with Crippen LogP contribution in [0.4, 0.5) is 5.82 Å². The second-order valence-corrected chi connectivity index (χ2v) is 12.0. The van der Waals surface area contributed by atoms with Gasteiger partial charge in [-0.05, 0) is 50.0 Å². The molecule has 2 heterocycles. The quantitative estimate of drug-likeness (QED) is 0.416. The number of nitrogens with zero attached hydrogens (tertiary/aromatic N) is 2. The first-order valence-electron chi connectivity index (χ1n) is 11.5. The lowest BCUT2D eigenvalue weighted by molar-refractivity contribution is 0.0852. The molecule has 1 unspecified atom stereocenters. The number of nitrogens with one attached hydrogen (secondary N) is 1. The van der Waals surface area contributed by atoms with Gasteiger partial charge in [-0.3, -0.25) is 8.98 Å². The number of thiophene rings is 1. The molecular formula is C22H29ClN4O5S2. The number of rotatable bonds is 9. The summed E-state index contributed by atoms with van der Waals surface area (Å²) in [4.78, 5) is 22.1. The fourth-order valence-corrected chi connectivity index (χ4v) is 6.56. The molecule has 2 aromatic rings. The summed E-state index contributed by atoms with van der Waals surface area (Å²) >= 11 is 7.60. The molecule has 4 rings (SSSR count). The molecular weight excluding hydrogens is 500 g/mol. The maximum Gasteiger partial charge on any atom is 0.333 e. The highest BCUT2D eigenvalue weighted by Crippen LogP contribution is 2.41. The van der Waals surface area contributed by atoms with E-state index in [0.717, 1.165) is 49.9 Å². The van der Waals surface area contributed by atoms with E-state index in [0.29, 0.717) is 32.6 Å². The third kappa shape index (κ3) is 6.32. The number of ketones is 1. The summed E-state index contributed by atoms with van der Waals surface area (Å²) in [6.45, 7) is 0.0341. The predicted molar refractivity (Wildman–Crippen MR) is 130 cm³/mol. The monoisotopic (exact) mass is 528 g/mol. The predicted octanol–water partition coefficient (Wildman–Crippen LogP) is 3.84. The van der Waals surface area contributed by atoms with Crippen molar-refractivity contribution in [2.24, 2.45) is 17.0 Å². The normalized spacial score (nSPS) is 22.6. The molecule has 2 aliphatic rings. The molecule has 9 nitrogen and oxygen atoms in total. The number of nitrogens with two attached hydrogens (primary N) is 1. The van der Waals surface area contributed by atoms with Crippen molar-refractivity contribution >= 4 is 44.8 Å². The maximum atomic E-state index is 13.3. The molecule has 2 fully saturated rings. The van der Waals surface area contributed by atoms with E-state index in [-0.39, 0.29) is 30.3 Å². The SMILES string of the molecule is NS(=O)(=O)OC[C@@H]1CC[C@H](Nc2ncncc2C(=O)c2cc(C(O)C3CCCCC3)c(Cl)s2)C1. The zero-order chi connectivity index (χ0) is 24.3. The molecule has 2 aromatic heterocycles. The van der Waals surface area contributed by atoms with Gasteiger partial charge in [0.15, 0.2) is 0 Å². The summed E-state index contributed by atoms with van der Waals surface area (Å²) in [6.07, 6.45) is 9.68. The Bertz CT molecular complexity index is 1120. The Morgan fingerprint density at radius 3 is 2.79 bits per heavy atom. The van der Waals surface area contributed by atoms with E-state index in [1.54, 1.807) is 6.07 Å². The minimum Gasteiger partial charge on any atom is -0.388 e. The van der Waals surface area contributed by atoms with Gasteiger partial charge in [0.05, 0.1) is 27.5 Å². The highest BCUT2D eigenvalue weighted by molar-refractivity contribution is 7.84. The first-order chi connectivity index (χ1) is 16.2. The average molecular weight is 529 g/mol. The van der Waals surface area contributed by atoms with Crippen LogP contribution in [0.2, 0.25) is 4.34 Å². The Balaban J connectivity index is 1.45. The van der Waals surface area contributed by atoms with E-state index >= 15 is 0 Å². The average Bonchev–Trinajstić information content (AvgIpc) is 3.43. The lowest BCUT2D eigenvalue weighted by Crippen LogP contribution is -2.22. The Morgan fingerprint density at radius 2 is 2.06 bits per heavy atom. The van der Waals surface area contributed by atoms with Gasteiger partial charge in [0.2, 0.25) is 5.78 Å². The van der Waals surface area contributed by atoms with E-state index in [2.05, 4.69) is 15.3 Å². The third-order valence-corrected chi connectivity index (χ3v) is 8.51. The van der Waals surface area contributed by atoms with Crippen LogP contribution in [0.15, 0.2) is 18.6 Å². The number of anilines is 1. The van der Waals surface area contributed by atoms with Gasteiger partial charge >= 0.3 is 10.3 Å². The summed E-state index contributed by atoms with van der Waals surface area (Å²) in [5.41, 5.74) is 0.935. The molecule has 0 amide bonds. The van der Waals surface area contributed by atoms with Gasteiger partial charge in [0, 0.05) is 17.8 Å². The fourth-order valence-electron chi connectivity index (χ4n) is 4.89. The molecule has 4 N–H and O–H groups in total. The van der Waals surface area contributed by atoms with Gasteiger partial charge < -0.3 is 10.4 Å². The van der Waals surface area contributed by atoms with Crippen LogP contribution in [0.1, 0.15) is 78.3 Å². The largest absolute Gasteiger partial charge is 0.388 e. The molecule has 34 heavy (non-hydrogen) atoms. The number of carbonyl (C=O) groups excluding carboxylic acids is 1. The smallest absolute Gasteiger partial charge is 0.333 e. The number of aliphatic hydroxyl groups is 1. The second-order valence-electron chi connectivity index (χ2n) is 9.09. The third-order valence-electron chi connectivity index (χ3n) is 6.66. The highest BCUT2D eigenvalue weighted by atomic mass is 35.5. The summed E-state index contributed by atoms with van der Waals surface area (Å²) in [5, 5.41) is 19.1. The summed E-state index contributed by atoms with van der Waals surface area (Å²) in [7, 11) is -3.96. The Hall–Kier alpha value is -1.63. The number of carbonyl (C=O) groups is 1. The lowest BCUT2D eigenvalue weighted by Gasteiger charge is -2.26. The van der Waals surface area contributed by atoms with E-state index in [1.165, 1.54) is 18.9 Å². The zero-order valence-corrected chi connectivity index (χ0v) is 21.0. The van der Waals surface area contributed by atoms with Crippen LogP contribution in [0.5, 0.6) is 0 Å². The number of aromatic nitrogens is 2. The van der Waals surface area contributed by atoms with Gasteiger partial charge in [-0.2, -0.15) is 8.42 Å². The van der Waals surface area contributed by atoms with Gasteiger partial charge in [-0.25, -0.2) is 15.1 Å². The topological polar surface area (TPSA) is 144 Å². The van der Waals surface area contributed by atoms with Crippen LogP contribution in [0.25, 0.3) is 0 Å². The van der Waals surface area contributed by atoms with Crippen LogP contribution < -0.4 is 10.5 Å². The molecule has 12 heteroatoms. The summed E-state index contributed by atoms with van der Waals surface area (Å²) in [6, 6.07) is 1.70. The molecule has 0 bridgehead atoms. The van der Waals surface area contributed by atoms with Crippen molar-refractivity contribution in [1.29, 1.82) is 0 Å². The van der Waals surface area contributed by atoms with Crippen molar-refractivity contribution in [3.05, 3.63) is 38.9 Å². The number of aliphatic hydroxyl groups excluding tert-OH is 1. The molecule has 0 radical (unpaired) electrons. The molecule has 0 saturated heterocycles. The van der Waals surface area contributed by atoms with Crippen molar-refractivity contribution in [3.8, 4) is 0 Å². The molecule has 2 saturated carbocycles. The Labute approximate surface area is 208 Å². The van der Waals surface area contributed by atoms with E-state index in [9.17, 15) is 18.3 Å². The molecule has 186 valence electrons. The number of hydrogen-bond donors (Lipinski definition) is 3. The van der Waals surface area contributed by atoms with Crippen LogP contribution in [-0.2, 0) is 14.5 Å². The Kier molecular flexibility index (Phi) is 8.21. The second kappa shape index (κ2) is 11.0. The highest BCUT2D eigenvalue weighted by Gasteiger charge is 2.30. The van der Waals surface area contributed by atoms with Crippen molar-refractivity contribution < 1.29 is 22.5 Å². The van der Waals surface area contributed by atoms with E-state index in [1.807, 2.05) is 0 Å². The Morgan fingerprint density at radius 1 is 1.29 bits per heavy atom. The van der Waals surface area contributed by atoms with Gasteiger partial charge in [0.25, 0.3) is 0 Å². The first kappa shape index (κ1) is 25.5. The molecule has 0 aliphatic heterocycles. The van der Waals surface area contributed by atoms with Gasteiger partial charge in [-0.1, -0.05) is 30.9 Å². The first-order valence-corrected chi connectivity index (χ1v) is 14.1. The van der Waals surface area contributed by atoms with Crippen molar-refractivity contribution in [2.45, 2.75) is 63.5 Å². The number of halogens is 1. The molecule has 3 atom stereocenters. The van der Waals surface area contributed by atoms with Crippen molar-refractivity contribution in [2.75, 3.05) is 11.9 Å². The summed E-state index contributed by atoms with van der Waals surface area (Å²) < 4.78 is 27.2. The molecule has 0 spiro atoms. The van der Waals surface area contributed by atoms with Crippen LogP contribution in [-0.4, -0.2) is 41.9 Å². The van der Waals surface area contributed by atoms with E-state index in [4.69, 9.17) is 20.9 Å². The standard InChI is InChI=1S/C22H29ClN4O5S2/c23-21-16(19(28)14-4-2-1-3-5-14)9-18(33-21)20(29)17-10-25-12-26-22(17)27-15-7-6-13(8-15)11-32-34(24,30)31/h9-10,12-15,19,28H,1-8,11H2,(H2,24,30,31)(H,25,26,27)/t13-,15+,19?/m1/s1. The van der Waals surface area contributed by atoms with Crippen LogP contribution >= 0.6 is 22.9 Å². The maximum absolute atomic E-state index is 13.3. The molecule has 2 aliphatic carbocycles.